The van der Waals surface area contributed by atoms with Crippen LogP contribution in [0.5, 0.6) is 0 Å². The molecule has 0 saturated carbocycles. The van der Waals surface area contributed by atoms with Gasteiger partial charge in [-0.1, -0.05) is 39.0 Å². The molecule has 2 nitrogen and oxygen atoms in total. The molecule has 1 aromatic carbocycles. The lowest BCUT2D eigenvalue weighted by atomic mass is 9.81. The quantitative estimate of drug-likeness (QED) is 0.769. The number of hydrogen-bond acceptors (Lipinski definition) is 2. The van der Waals surface area contributed by atoms with E-state index in [1.54, 1.807) is 0 Å². The fraction of sp³-hybridized carbons (Fsp3) is 0.588. The maximum atomic E-state index is 11.8. The van der Waals surface area contributed by atoms with Crippen molar-refractivity contribution in [3.05, 3.63) is 34.9 Å². The van der Waals surface area contributed by atoms with Gasteiger partial charge in [-0.2, -0.15) is 0 Å². The second-order valence-electron chi connectivity index (χ2n) is 6.94. The summed E-state index contributed by atoms with van der Waals surface area (Å²) >= 11 is 0. The molecule has 0 fully saturated rings. The molecule has 1 rings (SSSR count). The predicted molar refractivity (Wildman–Crippen MR) is 79.4 cm³/mol. The number of aryl methyl sites for hydroxylation is 1. The molecule has 0 unspecified atom stereocenters. The van der Waals surface area contributed by atoms with Crippen LogP contribution in [0.1, 0.15) is 51.3 Å². The smallest absolute Gasteiger partial charge is 0.311 e. The van der Waals surface area contributed by atoms with E-state index >= 15 is 0 Å². The van der Waals surface area contributed by atoms with E-state index in [2.05, 4.69) is 45.9 Å². The number of ether oxygens (including phenoxy) is 1. The first-order valence-corrected chi connectivity index (χ1v) is 6.76. The molecule has 0 N–H and O–H groups in total. The van der Waals surface area contributed by atoms with Gasteiger partial charge in [-0.25, -0.2) is 0 Å². The highest BCUT2D eigenvalue weighted by molar-refractivity contribution is 5.76. The monoisotopic (exact) mass is 262 g/mol. The summed E-state index contributed by atoms with van der Waals surface area (Å²) in [4.78, 5) is 11.8. The Hall–Kier alpha value is -1.31. The zero-order valence-corrected chi connectivity index (χ0v) is 13.3. The number of benzene rings is 1. The van der Waals surface area contributed by atoms with Gasteiger partial charge in [0.05, 0.1) is 12.5 Å². The van der Waals surface area contributed by atoms with Gasteiger partial charge in [0.2, 0.25) is 0 Å². The van der Waals surface area contributed by atoms with Gasteiger partial charge in [0.25, 0.3) is 0 Å². The molecule has 0 aliphatic heterocycles. The van der Waals surface area contributed by atoms with Crippen LogP contribution in [0.25, 0.3) is 0 Å². The summed E-state index contributed by atoms with van der Waals surface area (Å²) < 4.78 is 4.87. The van der Waals surface area contributed by atoms with Crippen molar-refractivity contribution in [2.45, 2.75) is 53.4 Å². The SMILES string of the molecule is COC(=O)C(C)(C)Cc1ccc(C(C)(C)C)cc1C. The highest BCUT2D eigenvalue weighted by Crippen LogP contribution is 2.29. The summed E-state index contributed by atoms with van der Waals surface area (Å²) in [6.07, 6.45) is 0.704. The molecule has 0 bridgehead atoms. The van der Waals surface area contributed by atoms with Crippen LogP contribution in [0.4, 0.5) is 0 Å². The van der Waals surface area contributed by atoms with Crippen molar-refractivity contribution in [3.63, 3.8) is 0 Å². The summed E-state index contributed by atoms with van der Waals surface area (Å²) in [7, 11) is 1.44. The molecule has 0 atom stereocenters. The first-order chi connectivity index (χ1) is 8.58. The van der Waals surface area contributed by atoms with Gasteiger partial charge < -0.3 is 4.74 Å². The maximum absolute atomic E-state index is 11.8. The Balaban J connectivity index is 3.02. The van der Waals surface area contributed by atoms with Crippen LogP contribution >= 0.6 is 0 Å². The van der Waals surface area contributed by atoms with Crippen molar-refractivity contribution >= 4 is 5.97 Å². The van der Waals surface area contributed by atoms with Gasteiger partial charge in [0, 0.05) is 0 Å². The molecule has 19 heavy (non-hydrogen) atoms. The third-order valence-corrected chi connectivity index (χ3v) is 3.58. The highest BCUT2D eigenvalue weighted by Gasteiger charge is 2.29. The van der Waals surface area contributed by atoms with E-state index in [9.17, 15) is 4.79 Å². The van der Waals surface area contributed by atoms with E-state index in [1.807, 2.05) is 13.8 Å². The minimum Gasteiger partial charge on any atom is -0.469 e. The molecule has 0 aromatic heterocycles. The average molecular weight is 262 g/mol. The van der Waals surface area contributed by atoms with Crippen molar-refractivity contribution in [2.24, 2.45) is 5.41 Å². The molecule has 0 radical (unpaired) electrons. The Labute approximate surface area is 117 Å². The molecule has 2 heteroatoms. The van der Waals surface area contributed by atoms with E-state index in [0.29, 0.717) is 6.42 Å². The number of carbonyl (C=O) groups is 1. The van der Waals surface area contributed by atoms with E-state index in [4.69, 9.17) is 4.74 Å². The van der Waals surface area contributed by atoms with E-state index < -0.39 is 5.41 Å². The Bertz CT molecular complexity index is 465. The fourth-order valence-electron chi connectivity index (χ4n) is 2.19. The first kappa shape index (κ1) is 15.7. The van der Waals surface area contributed by atoms with Crippen LogP contribution in [-0.2, 0) is 21.4 Å². The van der Waals surface area contributed by atoms with Gasteiger partial charge in [-0.05, 0) is 49.3 Å². The zero-order valence-electron chi connectivity index (χ0n) is 13.3. The van der Waals surface area contributed by atoms with Crippen molar-refractivity contribution in [3.8, 4) is 0 Å². The first-order valence-electron chi connectivity index (χ1n) is 6.76. The van der Waals surface area contributed by atoms with Gasteiger partial charge in [0.1, 0.15) is 0 Å². The summed E-state index contributed by atoms with van der Waals surface area (Å²) in [5.74, 6) is -0.160. The molecule has 0 saturated heterocycles. The molecule has 0 spiro atoms. The standard InChI is InChI=1S/C17H26O2/c1-12-10-14(16(2,3)4)9-8-13(12)11-17(5,6)15(18)19-7/h8-10H,11H2,1-7H3. The second kappa shape index (κ2) is 5.36. The lowest BCUT2D eigenvalue weighted by Crippen LogP contribution is -2.28. The van der Waals surface area contributed by atoms with Crippen molar-refractivity contribution < 1.29 is 9.53 Å². The minimum atomic E-state index is -0.483. The summed E-state index contributed by atoms with van der Waals surface area (Å²) in [6.45, 7) is 12.6. The Morgan fingerprint density at radius 3 is 2.16 bits per heavy atom. The zero-order chi connectivity index (χ0) is 14.8. The molecule has 0 heterocycles. The maximum Gasteiger partial charge on any atom is 0.311 e. The third kappa shape index (κ3) is 3.82. The second-order valence-corrected chi connectivity index (χ2v) is 6.94. The fourth-order valence-corrected chi connectivity index (χ4v) is 2.19. The van der Waals surface area contributed by atoms with Crippen molar-refractivity contribution in [2.75, 3.05) is 7.11 Å². The van der Waals surface area contributed by atoms with Crippen LogP contribution in [0, 0.1) is 12.3 Å². The third-order valence-electron chi connectivity index (χ3n) is 3.58. The number of methoxy groups -OCH3 is 1. The number of carbonyl (C=O) groups excluding carboxylic acids is 1. The molecule has 0 aliphatic carbocycles. The van der Waals surface area contributed by atoms with E-state index in [1.165, 1.54) is 23.8 Å². The summed E-state index contributed by atoms with van der Waals surface area (Å²) in [5, 5.41) is 0. The van der Waals surface area contributed by atoms with Crippen LogP contribution in [-0.4, -0.2) is 13.1 Å². The summed E-state index contributed by atoms with van der Waals surface area (Å²) in [5.41, 5.74) is 3.45. The van der Waals surface area contributed by atoms with Crippen molar-refractivity contribution in [1.29, 1.82) is 0 Å². The Morgan fingerprint density at radius 2 is 1.74 bits per heavy atom. The lowest BCUT2D eigenvalue weighted by molar-refractivity contribution is -0.150. The largest absolute Gasteiger partial charge is 0.469 e. The molecular formula is C17H26O2. The lowest BCUT2D eigenvalue weighted by Gasteiger charge is -2.24. The van der Waals surface area contributed by atoms with Gasteiger partial charge in [0.15, 0.2) is 0 Å². The average Bonchev–Trinajstić information content (AvgIpc) is 2.29. The van der Waals surface area contributed by atoms with Gasteiger partial charge in [-0.15, -0.1) is 0 Å². The molecule has 0 amide bonds. The van der Waals surface area contributed by atoms with Crippen molar-refractivity contribution in [1.82, 2.24) is 0 Å². The highest BCUT2D eigenvalue weighted by atomic mass is 16.5. The van der Waals surface area contributed by atoms with Gasteiger partial charge >= 0.3 is 5.97 Å². The van der Waals surface area contributed by atoms with E-state index in [-0.39, 0.29) is 11.4 Å². The number of hydrogen-bond donors (Lipinski definition) is 0. The topological polar surface area (TPSA) is 26.3 Å². The number of esters is 1. The van der Waals surface area contributed by atoms with E-state index in [0.717, 1.165) is 0 Å². The summed E-state index contributed by atoms with van der Waals surface area (Å²) in [6, 6.07) is 6.53. The minimum absolute atomic E-state index is 0.154. The number of rotatable bonds is 3. The van der Waals surface area contributed by atoms with Crippen LogP contribution < -0.4 is 0 Å². The van der Waals surface area contributed by atoms with Crippen LogP contribution in [0.15, 0.2) is 18.2 Å². The van der Waals surface area contributed by atoms with Crippen LogP contribution in [0.2, 0.25) is 0 Å². The molecule has 1 aromatic rings. The normalized spacial score (nSPS) is 12.4. The molecular weight excluding hydrogens is 236 g/mol. The molecule has 0 aliphatic rings. The Morgan fingerprint density at radius 1 is 1.16 bits per heavy atom. The predicted octanol–water partition coefficient (Wildman–Crippen LogP) is 4.03. The van der Waals surface area contributed by atoms with Crippen LogP contribution in [0.3, 0.4) is 0 Å². The van der Waals surface area contributed by atoms with Gasteiger partial charge in [-0.3, -0.25) is 4.79 Å². The Kier molecular flexibility index (Phi) is 4.44. The molecule has 106 valence electrons.